The molecule has 21 heavy (non-hydrogen) atoms. The zero-order valence-corrected chi connectivity index (χ0v) is 15.0. The molecule has 4 nitrogen and oxygen atoms in total. The van der Waals surface area contributed by atoms with Crippen molar-refractivity contribution < 1.29 is 0 Å². The molecule has 0 spiro atoms. The van der Waals surface area contributed by atoms with E-state index in [9.17, 15) is 0 Å². The number of benzene rings is 1. The van der Waals surface area contributed by atoms with E-state index in [4.69, 9.17) is 28.9 Å². The maximum atomic E-state index is 6.37. The van der Waals surface area contributed by atoms with Crippen molar-refractivity contribution in [1.82, 2.24) is 14.7 Å². The lowest BCUT2D eigenvalue weighted by atomic mass is 10.0. The highest BCUT2D eigenvalue weighted by molar-refractivity contribution is 9.10. The average molecular weight is 392 g/mol. The molecule has 0 aliphatic rings. The van der Waals surface area contributed by atoms with Gasteiger partial charge in [-0.25, -0.2) is 0 Å². The Bertz CT molecular complexity index is 627. The van der Waals surface area contributed by atoms with Gasteiger partial charge in [0.2, 0.25) is 0 Å². The summed E-state index contributed by atoms with van der Waals surface area (Å²) in [5.41, 5.74) is 7.97. The summed E-state index contributed by atoms with van der Waals surface area (Å²) in [6.45, 7) is 1.57. The number of hydrogen-bond donors (Lipinski definition) is 1. The minimum Gasteiger partial charge on any atom is -0.319 e. The fourth-order valence-electron chi connectivity index (χ4n) is 2.06. The Morgan fingerprint density at radius 3 is 2.76 bits per heavy atom. The molecule has 0 saturated heterocycles. The first-order valence-corrected chi connectivity index (χ1v) is 8.02. The van der Waals surface area contributed by atoms with Crippen molar-refractivity contribution in [1.29, 1.82) is 0 Å². The average Bonchev–Trinajstić information content (AvgIpc) is 2.80. The van der Waals surface area contributed by atoms with Gasteiger partial charge in [0.25, 0.3) is 0 Å². The smallest absolute Gasteiger partial charge is 0.0837 e. The van der Waals surface area contributed by atoms with Gasteiger partial charge < -0.3 is 10.6 Å². The van der Waals surface area contributed by atoms with E-state index >= 15 is 0 Å². The van der Waals surface area contributed by atoms with E-state index in [0.717, 1.165) is 22.3 Å². The van der Waals surface area contributed by atoms with E-state index in [0.29, 0.717) is 16.6 Å². The van der Waals surface area contributed by atoms with Crippen molar-refractivity contribution in [3.63, 3.8) is 0 Å². The highest BCUT2D eigenvalue weighted by Gasteiger charge is 2.21. The van der Waals surface area contributed by atoms with Gasteiger partial charge in [0.1, 0.15) is 0 Å². The Morgan fingerprint density at radius 2 is 2.10 bits per heavy atom. The Morgan fingerprint density at radius 1 is 1.38 bits per heavy atom. The fourth-order valence-corrected chi connectivity index (χ4v) is 2.95. The summed E-state index contributed by atoms with van der Waals surface area (Å²) >= 11 is 16.0. The van der Waals surface area contributed by atoms with Crippen LogP contribution in [-0.2, 0) is 6.54 Å². The van der Waals surface area contributed by atoms with Crippen molar-refractivity contribution in [2.75, 3.05) is 20.6 Å². The van der Waals surface area contributed by atoms with Gasteiger partial charge in [-0.05, 0) is 41.7 Å². The number of nitrogens with two attached hydrogens (primary N) is 1. The highest BCUT2D eigenvalue weighted by atomic mass is 79.9. The second-order valence-electron chi connectivity index (χ2n) is 5.02. The molecule has 0 aliphatic heterocycles. The van der Waals surface area contributed by atoms with Crippen LogP contribution in [0.3, 0.4) is 0 Å². The third-order valence-electron chi connectivity index (χ3n) is 3.20. The maximum Gasteiger partial charge on any atom is 0.0837 e. The van der Waals surface area contributed by atoms with Crippen molar-refractivity contribution >= 4 is 39.1 Å². The fraction of sp³-hybridized carbons (Fsp3) is 0.357. The molecule has 0 bridgehead atoms. The van der Waals surface area contributed by atoms with Gasteiger partial charge in [0, 0.05) is 11.0 Å². The topological polar surface area (TPSA) is 47.1 Å². The van der Waals surface area contributed by atoms with Gasteiger partial charge in [0.05, 0.1) is 34.5 Å². The molecule has 0 aliphatic carbocycles. The molecule has 1 aromatic carbocycles. The van der Waals surface area contributed by atoms with E-state index in [-0.39, 0.29) is 0 Å². The summed E-state index contributed by atoms with van der Waals surface area (Å²) in [7, 11) is 4.02. The van der Waals surface area contributed by atoms with Gasteiger partial charge >= 0.3 is 0 Å². The molecule has 1 aromatic heterocycles. The van der Waals surface area contributed by atoms with E-state index in [1.54, 1.807) is 6.20 Å². The monoisotopic (exact) mass is 390 g/mol. The zero-order chi connectivity index (χ0) is 15.6. The predicted molar refractivity (Wildman–Crippen MR) is 91.0 cm³/mol. The second-order valence-corrected chi connectivity index (χ2v) is 6.66. The first kappa shape index (κ1) is 16.8. The maximum absolute atomic E-state index is 6.37. The summed E-state index contributed by atoms with van der Waals surface area (Å²) in [4.78, 5) is 2.08. The lowest BCUT2D eigenvalue weighted by Gasteiger charge is -2.18. The van der Waals surface area contributed by atoms with Crippen LogP contribution in [0.1, 0.15) is 17.3 Å². The largest absolute Gasteiger partial charge is 0.319 e. The zero-order valence-electron chi connectivity index (χ0n) is 11.9. The third-order valence-corrected chi connectivity index (χ3v) is 4.81. The lowest BCUT2D eigenvalue weighted by molar-refractivity contribution is 0.368. The molecule has 0 amide bonds. The van der Waals surface area contributed by atoms with Crippen LogP contribution >= 0.6 is 39.1 Å². The summed E-state index contributed by atoms with van der Waals surface area (Å²) in [5, 5.41) is 5.46. The van der Waals surface area contributed by atoms with Crippen LogP contribution in [-0.4, -0.2) is 35.3 Å². The van der Waals surface area contributed by atoms with Gasteiger partial charge in [-0.15, -0.1) is 0 Å². The molecule has 2 aromatic rings. The van der Waals surface area contributed by atoms with Crippen LogP contribution in [0.5, 0.6) is 0 Å². The molecule has 2 rings (SSSR count). The molecule has 114 valence electrons. The van der Waals surface area contributed by atoms with Gasteiger partial charge in [-0.1, -0.05) is 35.3 Å². The number of aromatic nitrogens is 2. The number of rotatable bonds is 5. The van der Waals surface area contributed by atoms with Gasteiger partial charge in [0.15, 0.2) is 0 Å². The molecule has 1 heterocycles. The normalized spacial score (nSPS) is 12.9. The van der Waals surface area contributed by atoms with Crippen LogP contribution in [0, 0.1) is 0 Å². The molecular weight excluding hydrogens is 375 g/mol. The number of hydrogen-bond acceptors (Lipinski definition) is 3. The molecule has 2 N–H and O–H groups in total. The molecule has 0 fully saturated rings. The lowest BCUT2D eigenvalue weighted by Crippen LogP contribution is -2.23. The summed E-state index contributed by atoms with van der Waals surface area (Å²) < 4.78 is 2.65. The first-order chi connectivity index (χ1) is 9.91. The van der Waals surface area contributed by atoms with Crippen LogP contribution < -0.4 is 5.73 Å². The first-order valence-electron chi connectivity index (χ1n) is 6.47. The number of halogens is 3. The molecule has 0 saturated carbocycles. The Labute approximate surface area is 142 Å². The Balaban J connectivity index is 2.36. The Hall–Kier alpha value is -0.590. The summed E-state index contributed by atoms with van der Waals surface area (Å²) in [5.74, 6) is 0. The summed E-state index contributed by atoms with van der Waals surface area (Å²) in [6, 6.07) is 5.26. The Kier molecular flexibility index (Phi) is 5.68. The van der Waals surface area contributed by atoms with Crippen molar-refractivity contribution in [3.05, 3.63) is 50.2 Å². The SMILES string of the molecule is CN(C)CCn1ncc(Cl)c1C(N)c1cccc(Br)c1Cl. The predicted octanol–water partition coefficient (Wildman–Crippen LogP) is 3.56. The van der Waals surface area contributed by atoms with Gasteiger partial charge in [-0.2, -0.15) is 5.10 Å². The second kappa shape index (κ2) is 7.11. The van der Waals surface area contributed by atoms with E-state index in [2.05, 4.69) is 25.9 Å². The molecule has 0 radical (unpaired) electrons. The van der Waals surface area contributed by atoms with Crippen LogP contribution in [0.2, 0.25) is 10.0 Å². The standard InChI is InChI=1S/C14H17BrCl2N4/c1-20(2)6-7-21-14(11(16)8-19-21)13(18)9-4-3-5-10(15)12(9)17/h3-5,8,13H,6-7,18H2,1-2H3. The molecule has 1 unspecified atom stereocenters. The van der Waals surface area contributed by atoms with Crippen molar-refractivity contribution in [3.8, 4) is 0 Å². The van der Waals surface area contributed by atoms with Crippen molar-refractivity contribution in [2.24, 2.45) is 5.73 Å². The third kappa shape index (κ3) is 3.79. The molecular formula is C14H17BrCl2N4. The summed E-state index contributed by atoms with van der Waals surface area (Å²) in [6.07, 6.45) is 1.62. The van der Waals surface area contributed by atoms with Gasteiger partial charge in [-0.3, -0.25) is 4.68 Å². The minimum absolute atomic E-state index is 0.424. The highest BCUT2D eigenvalue weighted by Crippen LogP contribution is 2.34. The van der Waals surface area contributed by atoms with E-state index < -0.39 is 6.04 Å². The van der Waals surface area contributed by atoms with Crippen LogP contribution in [0.4, 0.5) is 0 Å². The van der Waals surface area contributed by atoms with Crippen molar-refractivity contribution in [2.45, 2.75) is 12.6 Å². The number of nitrogens with zero attached hydrogens (tertiary/aromatic N) is 3. The molecule has 1 atom stereocenters. The van der Waals surface area contributed by atoms with E-state index in [1.807, 2.05) is 37.0 Å². The quantitative estimate of drug-likeness (QED) is 0.847. The minimum atomic E-state index is -0.424. The van der Waals surface area contributed by atoms with Crippen LogP contribution in [0.25, 0.3) is 0 Å². The van der Waals surface area contributed by atoms with E-state index in [1.165, 1.54) is 0 Å². The molecule has 7 heteroatoms. The van der Waals surface area contributed by atoms with Crippen LogP contribution in [0.15, 0.2) is 28.9 Å². The number of likely N-dealkylation sites (N-methyl/N-ethyl adjacent to an activating group) is 1.